The van der Waals surface area contributed by atoms with E-state index in [1.165, 1.54) is 6.42 Å². The van der Waals surface area contributed by atoms with Gasteiger partial charge in [0, 0.05) is 53.7 Å². The van der Waals surface area contributed by atoms with E-state index in [9.17, 15) is 10.2 Å². The molecule has 0 aliphatic heterocycles. The van der Waals surface area contributed by atoms with Crippen molar-refractivity contribution in [2.45, 2.75) is 32.1 Å². The standard InChI is InChI=1S/C21H26N2O2.Cu/c24-20-12-6-4-10-18(20)16-22-14-8-2-1-3-9-15-23-17-19-11-5-7-13-21(19)25;/h4-7,10-13,16-17,24-25H,1-3,8-9,14-15H2;. The van der Waals surface area contributed by atoms with Crippen molar-refractivity contribution in [2.75, 3.05) is 13.1 Å². The van der Waals surface area contributed by atoms with Crippen LogP contribution in [0, 0.1) is 0 Å². The van der Waals surface area contributed by atoms with Gasteiger partial charge in [0.15, 0.2) is 0 Å². The Balaban J connectivity index is 0.00000338. The maximum absolute atomic E-state index is 9.63. The van der Waals surface area contributed by atoms with Crippen molar-refractivity contribution in [2.24, 2.45) is 9.98 Å². The average Bonchev–Trinajstić information content (AvgIpc) is 2.62. The number of phenolic OH excluding ortho intramolecular Hbond substituents is 2. The molecule has 26 heavy (non-hydrogen) atoms. The molecule has 0 bridgehead atoms. The van der Waals surface area contributed by atoms with Crippen molar-refractivity contribution < 1.29 is 27.3 Å². The van der Waals surface area contributed by atoms with Crippen LogP contribution >= 0.6 is 0 Å². The van der Waals surface area contributed by atoms with Crippen LogP contribution in [-0.2, 0) is 17.1 Å². The van der Waals surface area contributed by atoms with Gasteiger partial charge in [-0.3, -0.25) is 9.98 Å². The van der Waals surface area contributed by atoms with E-state index in [0.29, 0.717) is 0 Å². The smallest absolute Gasteiger partial charge is 0.124 e. The van der Waals surface area contributed by atoms with Crippen LogP contribution in [0.2, 0.25) is 0 Å². The van der Waals surface area contributed by atoms with Crippen LogP contribution in [0.5, 0.6) is 11.5 Å². The normalized spacial score (nSPS) is 11.1. The molecule has 0 amide bonds. The molecule has 0 saturated heterocycles. The summed E-state index contributed by atoms with van der Waals surface area (Å²) in [6.07, 6.45) is 9.09. The third kappa shape index (κ3) is 8.32. The Labute approximate surface area is 166 Å². The van der Waals surface area contributed by atoms with Gasteiger partial charge in [0.1, 0.15) is 11.5 Å². The molecule has 2 aromatic carbocycles. The number of phenols is 2. The van der Waals surface area contributed by atoms with Crippen molar-refractivity contribution in [3.8, 4) is 11.5 Å². The number of unbranched alkanes of at least 4 members (excludes halogenated alkanes) is 4. The van der Waals surface area contributed by atoms with Crippen LogP contribution in [0.1, 0.15) is 43.2 Å². The number of aromatic hydroxyl groups is 2. The number of aliphatic imine (C=N–C) groups is 2. The van der Waals surface area contributed by atoms with Gasteiger partial charge in [-0.15, -0.1) is 0 Å². The summed E-state index contributed by atoms with van der Waals surface area (Å²) < 4.78 is 0. The van der Waals surface area contributed by atoms with Gasteiger partial charge in [-0.2, -0.15) is 0 Å². The number of hydrogen-bond acceptors (Lipinski definition) is 4. The third-order valence-electron chi connectivity index (χ3n) is 3.91. The first-order chi connectivity index (χ1) is 12.3. The van der Waals surface area contributed by atoms with Crippen LogP contribution in [0.15, 0.2) is 58.5 Å². The number of para-hydroxylation sites is 2. The summed E-state index contributed by atoms with van der Waals surface area (Å²) in [6.45, 7) is 1.58. The first kappa shape index (κ1) is 21.9. The Kier molecular flexibility index (Phi) is 11.1. The molecule has 143 valence electrons. The zero-order chi connectivity index (χ0) is 17.7. The van der Waals surface area contributed by atoms with Crippen molar-refractivity contribution in [3.63, 3.8) is 0 Å². The van der Waals surface area contributed by atoms with Gasteiger partial charge >= 0.3 is 0 Å². The average molecular weight is 402 g/mol. The topological polar surface area (TPSA) is 65.2 Å². The number of benzene rings is 2. The summed E-state index contributed by atoms with van der Waals surface area (Å²) in [4.78, 5) is 8.72. The van der Waals surface area contributed by atoms with E-state index in [4.69, 9.17) is 0 Å². The molecule has 0 unspecified atom stereocenters. The van der Waals surface area contributed by atoms with Gasteiger partial charge in [-0.25, -0.2) is 0 Å². The SMILES string of the molecule is Oc1ccccc1C=NCCCCCCCN=Cc1ccccc1O.[Cu]. The Morgan fingerprint density at radius 1 is 0.615 bits per heavy atom. The van der Waals surface area contributed by atoms with Crippen LogP contribution in [0.25, 0.3) is 0 Å². The van der Waals surface area contributed by atoms with Crippen molar-refractivity contribution in [3.05, 3.63) is 59.7 Å². The summed E-state index contributed by atoms with van der Waals surface area (Å²) in [7, 11) is 0. The molecule has 0 aliphatic carbocycles. The van der Waals surface area contributed by atoms with E-state index >= 15 is 0 Å². The third-order valence-corrected chi connectivity index (χ3v) is 3.91. The second-order valence-corrected chi connectivity index (χ2v) is 5.96. The van der Waals surface area contributed by atoms with Gasteiger partial charge in [-0.05, 0) is 37.1 Å². The van der Waals surface area contributed by atoms with Crippen molar-refractivity contribution in [1.29, 1.82) is 0 Å². The fraction of sp³-hybridized carbons (Fsp3) is 0.333. The second kappa shape index (κ2) is 13.1. The minimum Gasteiger partial charge on any atom is -0.507 e. The minimum absolute atomic E-state index is 0. The van der Waals surface area contributed by atoms with E-state index < -0.39 is 0 Å². The zero-order valence-electron chi connectivity index (χ0n) is 14.8. The number of hydrogen-bond donors (Lipinski definition) is 2. The molecule has 0 aromatic heterocycles. The van der Waals surface area contributed by atoms with Gasteiger partial charge in [0.25, 0.3) is 0 Å². The molecule has 2 N–H and O–H groups in total. The van der Waals surface area contributed by atoms with Crippen LogP contribution in [0.3, 0.4) is 0 Å². The molecule has 2 aromatic rings. The molecule has 0 fully saturated rings. The monoisotopic (exact) mass is 401 g/mol. The molecule has 1 radical (unpaired) electrons. The van der Waals surface area contributed by atoms with Crippen LogP contribution < -0.4 is 0 Å². The molecule has 5 heteroatoms. The van der Waals surface area contributed by atoms with Crippen LogP contribution in [0.4, 0.5) is 0 Å². The molecular formula is C21H26CuN2O2. The van der Waals surface area contributed by atoms with E-state index in [-0.39, 0.29) is 28.6 Å². The van der Waals surface area contributed by atoms with Gasteiger partial charge in [0.05, 0.1) is 0 Å². The first-order valence-corrected chi connectivity index (χ1v) is 8.83. The summed E-state index contributed by atoms with van der Waals surface area (Å²) in [6, 6.07) is 14.4. The molecular weight excluding hydrogens is 376 g/mol. The van der Waals surface area contributed by atoms with Crippen molar-refractivity contribution >= 4 is 12.4 Å². The van der Waals surface area contributed by atoms with E-state index in [2.05, 4.69) is 9.98 Å². The van der Waals surface area contributed by atoms with Gasteiger partial charge < -0.3 is 10.2 Å². The Morgan fingerprint density at radius 3 is 1.42 bits per heavy atom. The number of rotatable bonds is 10. The Morgan fingerprint density at radius 2 is 1.00 bits per heavy atom. The molecule has 0 atom stereocenters. The first-order valence-electron chi connectivity index (χ1n) is 8.83. The Bertz CT molecular complexity index is 642. The van der Waals surface area contributed by atoms with Gasteiger partial charge in [0.2, 0.25) is 0 Å². The summed E-state index contributed by atoms with van der Waals surface area (Å²) in [5, 5.41) is 19.3. The number of nitrogens with zero attached hydrogens (tertiary/aromatic N) is 2. The van der Waals surface area contributed by atoms with Crippen molar-refractivity contribution in [1.82, 2.24) is 0 Å². The quantitative estimate of drug-likeness (QED) is 0.347. The predicted molar refractivity (Wildman–Crippen MR) is 104 cm³/mol. The Hall–Kier alpha value is -2.10. The molecule has 0 saturated carbocycles. The minimum atomic E-state index is 0. The molecule has 2 rings (SSSR count). The largest absolute Gasteiger partial charge is 0.507 e. The van der Waals surface area contributed by atoms with Crippen LogP contribution in [-0.4, -0.2) is 35.7 Å². The predicted octanol–water partition coefficient (Wildman–Crippen LogP) is 4.58. The van der Waals surface area contributed by atoms with E-state index in [1.54, 1.807) is 36.7 Å². The van der Waals surface area contributed by atoms with E-state index in [0.717, 1.165) is 49.9 Å². The second-order valence-electron chi connectivity index (χ2n) is 5.96. The summed E-state index contributed by atoms with van der Waals surface area (Å²) >= 11 is 0. The zero-order valence-corrected chi connectivity index (χ0v) is 15.8. The van der Waals surface area contributed by atoms with Gasteiger partial charge in [-0.1, -0.05) is 43.5 Å². The summed E-state index contributed by atoms with van der Waals surface area (Å²) in [5.74, 6) is 0.547. The molecule has 0 spiro atoms. The fourth-order valence-electron chi connectivity index (χ4n) is 2.46. The molecule has 4 nitrogen and oxygen atoms in total. The van der Waals surface area contributed by atoms with E-state index in [1.807, 2.05) is 24.3 Å². The fourth-order valence-corrected chi connectivity index (χ4v) is 2.46. The molecule has 0 aliphatic rings. The summed E-state index contributed by atoms with van der Waals surface area (Å²) in [5.41, 5.74) is 1.54. The maximum atomic E-state index is 9.63. The maximum Gasteiger partial charge on any atom is 0.124 e. The molecule has 0 heterocycles.